The number of amides is 1. The van der Waals surface area contributed by atoms with Crippen molar-refractivity contribution in [3.05, 3.63) is 78.1 Å². The Labute approximate surface area is 197 Å². The van der Waals surface area contributed by atoms with Gasteiger partial charge in [-0.1, -0.05) is 47.7 Å². The maximum atomic E-state index is 12.2. The molecule has 34 heavy (non-hydrogen) atoms. The summed E-state index contributed by atoms with van der Waals surface area (Å²) in [5, 5.41) is 20.7. The number of nitrogens with zero attached hydrogens (tertiary/aromatic N) is 4. The zero-order chi connectivity index (χ0) is 23.9. The predicted octanol–water partition coefficient (Wildman–Crippen LogP) is 2.85. The van der Waals surface area contributed by atoms with Crippen molar-refractivity contribution in [3.8, 4) is 0 Å². The van der Waals surface area contributed by atoms with E-state index in [-0.39, 0.29) is 11.9 Å². The quantitative estimate of drug-likeness (QED) is 0.331. The minimum absolute atomic E-state index is 0.0922. The molecular formula is C25H28N6O3. The smallest absolute Gasteiger partial charge is 0.321 e. The van der Waals surface area contributed by atoms with Crippen LogP contribution in [0.4, 0.5) is 11.4 Å². The number of carbonyl (C=O) groups is 2. The molecule has 4 N–H and O–H groups in total. The molecule has 1 amide bonds. The number of nitrogens with one attached hydrogen (secondary N) is 1. The summed E-state index contributed by atoms with van der Waals surface area (Å²) in [5.41, 5.74) is 8.63. The van der Waals surface area contributed by atoms with Crippen molar-refractivity contribution in [2.75, 3.05) is 24.1 Å². The molecule has 1 aromatic heterocycles. The van der Waals surface area contributed by atoms with Crippen LogP contribution in [0.1, 0.15) is 30.1 Å². The number of nitrogens with two attached hydrogens (primary N) is 1. The van der Waals surface area contributed by atoms with Gasteiger partial charge in [-0.25, -0.2) is 4.68 Å². The molecule has 2 atom stereocenters. The fourth-order valence-corrected chi connectivity index (χ4v) is 4.20. The van der Waals surface area contributed by atoms with Crippen molar-refractivity contribution in [1.82, 2.24) is 19.9 Å². The average molecular weight is 461 g/mol. The van der Waals surface area contributed by atoms with Crippen LogP contribution in [0.2, 0.25) is 0 Å². The van der Waals surface area contributed by atoms with E-state index in [1.807, 2.05) is 23.1 Å². The number of likely N-dealkylation sites (tertiary alicyclic amines) is 1. The second kappa shape index (κ2) is 10.8. The monoisotopic (exact) mass is 460 g/mol. The van der Waals surface area contributed by atoms with Gasteiger partial charge in [-0.2, -0.15) is 0 Å². The first-order chi connectivity index (χ1) is 16.5. The average Bonchev–Trinajstić information content (AvgIpc) is 3.47. The number of carboxylic acids is 1. The highest BCUT2D eigenvalue weighted by Gasteiger charge is 2.37. The Morgan fingerprint density at radius 3 is 2.68 bits per heavy atom. The molecule has 9 nitrogen and oxygen atoms in total. The number of aryl methyl sites for hydroxylation is 1. The Bertz CT molecular complexity index is 1160. The lowest BCUT2D eigenvalue weighted by Gasteiger charge is -2.20. The van der Waals surface area contributed by atoms with Gasteiger partial charge in [0.25, 0.3) is 0 Å². The number of para-hydroxylation sites is 2. The van der Waals surface area contributed by atoms with Crippen molar-refractivity contribution >= 4 is 29.3 Å². The van der Waals surface area contributed by atoms with E-state index in [0.717, 1.165) is 12.8 Å². The van der Waals surface area contributed by atoms with Crippen molar-refractivity contribution in [3.63, 3.8) is 0 Å². The molecule has 0 radical (unpaired) electrons. The normalized spacial score (nSPS) is 18.4. The number of aromatic nitrogens is 3. The summed E-state index contributed by atoms with van der Waals surface area (Å²) < 4.78 is 1.69. The van der Waals surface area contributed by atoms with Gasteiger partial charge in [-0.15, -0.1) is 5.10 Å². The van der Waals surface area contributed by atoms with Crippen molar-refractivity contribution in [2.45, 2.75) is 31.3 Å². The van der Waals surface area contributed by atoms with E-state index in [9.17, 15) is 14.7 Å². The molecule has 3 aromatic rings. The van der Waals surface area contributed by atoms with Crippen LogP contribution in [0, 0.1) is 0 Å². The number of carboxylic acid groups (broad SMARTS) is 1. The summed E-state index contributed by atoms with van der Waals surface area (Å²) >= 11 is 0. The molecule has 1 aliphatic heterocycles. The molecule has 2 aromatic carbocycles. The number of rotatable bonds is 9. The molecule has 9 heteroatoms. The predicted molar refractivity (Wildman–Crippen MR) is 130 cm³/mol. The molecule has 2 heterocycles. The third-order valence-electron chi connectivity index (χ3n) is 5.95. The summed E-state index contributed by atoms with van der Waals surface area (Å²) in [5.74, 6) is -1.15. The van der Waals surface area contributed by atoms with Gasteiger partial charge >= 0.3 is 5.97 Å². The number of aliphatic carboxylic acids is 1. The minimum atomic E-state index is -0.820. The Balaban J connectivity index is 1.33. The Hall–Kier alpha value is -3.98. The number of hydrogen-bond donors (Lipinski definition) is 3. The van der Waals surface area contributed by atoms with E-state index in [1.54, 1.807) is 41.2 Å². The van der Waals surface area contributed by atoms with Gasteiger partial charge < -0.3 is 16.2 Å². The summed E-state index contributed by atoms with van der Waals surface area (Å²) in [6.45, 7) is 1.29. The van der Waals surface area contributed by atoms with Gasteiger partial charge in [0.05, 0.1) is 23.6 Å². The van der Waals surface area contributed by atoms with Gasteiger partial charge in [0, 0.05) is 12.6 Å². The number of anilines is 2. The summed E-state index contributed by atoms with van der Waals surface area (Å²) in [6.07, 6.45) is 6.92. The van der Waals surface area contributed by atoms with Crippen LogP contribution in [-0.4, -0.2) is 56.0 Å². The second-order valence-corrected chi connectivity index (χ2v) is 8.36. The molecule has 176 valence electrons. The molecular weight excluding hydrogens is 432 g/mol. The second-order valence-electron chi connectivity index (χ2n) is 8.36. The lowest BCUT2D eigenvalue weighted by atomic mass is 10.1. The van der Waals surface area contributed by atoms with E-state index in [0.29, 0.717) is 36.6 Å². The SMILES string of the molecule is Nc1ccccc1NC(=O)/C=C/c1cn([C@@H]2C[C@@H](C(=O)O)N(CCCc3ccccc3)C2)nn1. The number of carbonyl (C=O) groups excluding carboxylic acids is 1. The van der Waals surface area contributed by atoms with Crippen molar-refractivity contribution in [1.29, 1.82) is 0 Å². The standard InChI is InChI=1S/C25H28N6O3/c26-21-10-4-5-11-22(21)27-24(32)13-12-19-16-31(29-28-19)20-15-23(25(33)34)30(17-20)14-6-9-18-7-2-1-3-8-18/h1-5,7-8,10-13,16,20,23H,6,9,14-15,17,26H2,(H,27,32)(H,33,34)/b13-12+/t20-,23+/m1/s1. The lowest BCUT2D eigenvalue weighted by molar-refractivity contribution is -0.142. The third-order valence-corrected chi connectivity index (χ3v) is 5.95. The Kier molecular flexibility index (Phi) is 7.34. The molecule has 0 saturated carbocycles. The molecule has 0 unspecified atom stereocenters. The van der Waals surface area contributed by atoms with Crippen LogP contribution in [0.3, 0.4) is 0 Å². The Morgan fingerprint density at radius 2 is 1.91 bits per heavy atom. The lowest BCUT2D eigenvalue weighted by Crippen LogP contribution is -2.36. The molecule has 0 aliphatic carbocycles. The molecule has 0 bridgehead atoms. The topological polar surface area (TPSA) is 126 Å². The summed E-state index contributed by atoms with van der Waals surface area (Å²) in [6, 6.07) is 16.6. The molecule has 1 saturated heterocycles. The van der Waals surface area contributed by atoms with E-state index in [4.69, 9.17) is 5.73 Å². The highest BCUT2D eigenvalue weighted by molar-refractivity contribution is 6.03. The molecule has 1 aliphatic rings. The van der Waals surface area contributed by atoms with Gasteiger partial charge in [-0.3, -0.25) is 14.5 Å². The highest BCUT2D eigenvalue weighted by atomic mass is 16.4. The van der Waals surface area contributed by atoms with Crippen LogP contribution in [-0.2, 0) is 16.0 Å². The van der Waals surface area contributed by atoms with Crippen molar-refractivity contribution in [2.24, 2.45) is 0 Å². The van der Waals surface area contributed by atoms with Crippen LogP contribution in [0.15, 0.2) is 66.9 Å². The van der Waals surface area contributed by atoms with Crippen LogP contribution in [0.25, 0.3) is 6.08 Å². The zero-order valence-electron chi connectivity index (χ0n) is 18.7. The number of benzene rings is 2. The third kappa shape index (κ3) is 5.87. The van der Waals surface area contributed by atoms with Gasteiger partial charge in [-0.05, 0) is 49.6 Å². The maximum Gasteiger partial charge on any atom is 0.321 e. The van der Waals surface area contributed by atoms with Crippen molar-refractivity contribution < 1.29 is 14.7 Å². The van der Waals surface area contributed by atoms with Crippen LogP contribution >= 0.6 is 0 Å². The van der Waals surface area contributed by atoms with Crippen LogP contribution < -0.4 is 11.1 Å². The van der Waals surface area contributed by atoms with Crippen LogP contribution in [0.5, 0.6) is 0 Å². The maximum absolute atomic E-state index is 12.2. The van der Waals surface area contributed by atoms with E-state index in [2.05, 4.69) is 27.8 Å². The highest BCUT2D eigenvalue weighted by Crippen LogP contribution is 2.27. The fraction of sp³-hybridized carbons (Fsp3) is 0.280. The summed E-state index contributed by atoms with van der Waals surface area (Å²) in [4.78, 5) is 26.0. The fourth-order valence-electron chi connectivity index (χ4n) is 4.20. The molecule has 1 fully saturated rings. The summed E-state index contributed by atoms with van der Waals surface area (Å²) in [7, 11) is 0. The minimum Gasteiger partial charge on any atom is -0.480 e. The van der Waals surface area contributed by atoms with Gasteiger partial charge in [0.1, 0.15) is 11.7 Å². The first-order valence-corrected chi connectivity index (χ1v) is 11.3. The molecule has 0 spiro atoms. The van der Waals surface area contributed by atoms with Gasteiger partial charge in [0.2, 0.25) is 5.91 Å². The number of hydrogen-bond acceptors (Lipinski definition) is 6. The van der Waals surface area contributed by atoms with E-state index < -0.39 is 12.0 Å². The van der Waals surface area contributed by atoms with E-state index in [1.165, 1.54) is 11.6 Å². The molecule has 4 rings (SSSR count). The first kappa shape index (κ1) is 23.2. The zero-order valence-corrected chi connectivity index (χ0v) is 18.7. The Morgan fingerprint density at radius 1 is 1.15 bits per heavy atom. The van der Waals surface area contributed by atoms with E-state index >= 15 is 0 Å². The number of nitrogen functional groups attached to an aromatic ring is 1. The van der Waals surface area contributed by atoms with Gasteiger partial charge in [0.15, 0.2) is 0 Å². The first-order valence-electron chi connectivity index (χ1n) is 11.3. The largest absolute Gasteiger partial charge is 0.480 e.